The van der Waals surface area contributed by atoms with Crippen molar-refractivity contribution in [1.82, 2.24) is 5.43 Å². The van der Waals surface area contributed by atoms with Gasteiger partial charge in [-0.2, -0.15) is 5.10 Å². The highest BCUT2D eigenvalue weighted by Gasteiger charge is 2.43. The van der Waals surface area contributed by atoms with E-state index in [2.05, 4.69) is 53.0 Å². The molecule has 1 N–H and O–H groups in total. The highest BCUT2D eigenvalue weighted by atomic mass is 16.2. The van der Waals surface area contributed by atoms with Crippen LogP contribution < -0.4 is 5.43 Å². The maximum Gasteiger partial charge on any atom is 0.243 e. The van der Waals surface area contributed by atoms with Gasteiger partial charge in [0.25, 0.3) is 0 Å². The van der Waals surface area contributed by atoms with E-state index in [1.807, 2.05) is 25.1 Å². The van der Waals surface area contributed by atoms with Crippen LogP contribution in [0.5, 0.6) is 0 Å². The fraction of sp³-hybridized carbons (Fsp3) is 0.250. The lowest BCUT2D eigenvalue weighted by Crippen LogP contribution is -2.21. The molecule has 0 radical (unpaired) electrons. The minimum absolute atomic E-state index is 0.0223. The zero-order valence-corrected chi connectivity index (χ0v) is 15.4. The van der Waals surface area contributed by atoms with E-state index in [4.69, 9.17) is 0 Å². The molecule has 27 heavy (non-hydrogen) atoms. The normalized spacial score (nSPS) is 20.7. The number of hydrogen-bond donors (Lipinski definition) is 1. The molecule has 1 fully saturated rings. The minimum Gasteiger partial charge on any atom is -0.273 e. The fourth-order valence-electron chi connectivity index (χ4n) is 4.40. The third-order valence-electron chi connectivity index (χ3n) is 5.96. The number of benzene rings is 3. The molecular weight excluding hydrogens is 332 g/mol. The Labute approximate surface area is 159 Å². The number of nitrogens with one attached hydrogen (secondary N) is 1. The van der Waals surface area contributed by atoms with E-state index in [1.54, 1.807) is 0 Å². The van der Waals surface area contributed by atoms with E-state index in [9.17, 15) is 4.79 Å². The van der Waals surface area contributed by atoms with Crippen LogP contribution >= 0.6 is 0 Å². The molecule has 0 aliphatic heterocycles. The third kappa shape index (κ3) is 2.84. The van der Waals surface area contributed by atoms with Gasteiger partial charge in [0.1, 0.15) is 0 Å². The standard InChI is InChI=1S/C24H22N2O/c1-15(19-13-12-18-11-10-17-8-5-9-20(19)23(17)18)25-26-24(27)22-14-21(22)16-6-3-2-4-7-16/h2-9,12-13,21-22H,10-11,14H2,1H3,(H,26,27)/b25-15+/t21-,22-/m0/s1. The first kappa shape index (κ1) is 16.2. The Bertz CT molecular complexity index is 1060. The van der Waals surface area contributed by atoms with Gasteiger partial charge in [0.2, 0.25) is 5.91 Å². The number of carbonyl (C=O) groups is 1. The fourth-order valence-corrected chi connectivity index (χ4v) is 4.40. The molecule has 0 bridgehead atoms. The van der Waals surface area contributed by atoms with Crippen LogP contribution in [0.3, 0.4) is 0 Å². The van der Waals surface area contributed by atoms with Crippen molar-refractivity contribution in [3.05, 3.63) is 82.9 Å². The van der Waals surface area contributed by atoms with Gasteiger partial charge in [0.05, 0.1) is 5.71 Å². The summed E-state index contributed by atoms with van der Waals surface area (Å²) in [5.41, 5.74) is 8.85. The Hall–Kier alpha value is -2.94. The first-order chi connectivity index (χ1) is 13.2. The summed E-state index contributed by atoms with van der Waals surface area (Å²) in [4.78, 5) is 12.5. The summed E-state index contributed by atoms with van der Waals surface area (Å²) < 4.78 is 0. The Kier molecular flexibility index (Phi) is 3.82. The summed E-state index contributed by atoms with van der Waals surface area (Å²) in [5, 5.41) is 7.05. The van der Waals surface area contributed by atoms with Crippen molar-refractivity contribution in [2.45, 2.75) is 32.1 Å². The van der Waals surface area contributed by atoms with Crippen molar-refractivity contribution < 1.29 is 4.79 Å². The molecule has 5 rings (SSSR count). The number of hydrazone groups is 1. The molecule has 2 aliphatic rings. The zero-order valence-electron chi connectivity index (χ0n) is 15.4. The molecule has 0 aromatic heterocycles. The molecule has 3 aromatic rings. The molecule has 0 heterocycles. The van der Waals surface area contributed by atoms with E-state index in [-0.39, 0.29) is 11.8 Å². The van der Waals surface area contributed by atoms with Crippen molar-refractivity contribution in [3.63, 3.8) is 0 Å². The quantitative estimate of drug-likeness (QED) is 0.541. The second-order valence-corrected chi connectivity index (χ2v) is 7.64. The topological polar surface area (TPSA) is 41.5 Å². The molecule has 0 spiro atoms. The lowest BCUT2D eigenvalue weighted by Gasteiger charge is -2.09. The number of aryl methyl sites for hydroxylation is 2. The van der Waals surface area contributed by atoms with Crippen LogP contribution in [0.1, 0.15) is 41.5 Å². The number of hydrogen-bond acceptors (Lipinski definition) is 2. The second-order valence-electron chi connectivity index (χ2n) is 7.64. The minimum atomic E-state index is 0.0223. The van der Waals surface area contributed by atoms with Crippen LogP contribution in [0.15, 0.2) is 65.8 Å². The van der Waals surface area contributed by atoms with Crippen LogP contribution in [-0.2, 0) is 17.6 Å². The van der Waals surface area contributed by atoms with Gasteiger partial charge in [0.15, 0.2) is 0 Å². The van der Waals surface area contributed by atoms with Gasteiger partial charge in [-0.3, -0.25) is 4.79 Å². The molecule has 3 nitrogen and oxygen atoms in total. The summed E-state index contributed by atoms with van der Waals surface area (Å²) in [7, 11) is 0. The highest BCUT2D eigenvalue weighted by molar-refractivity contribution is 6.11. The van der Waals surface area contributed by atoms with Crippen molar-refractivity contribution in [2.75, 3.05) is 0 Å². The molecule has 1 saturated carbocycles. The van der Waals surface area contributed by atoms with Gasteiger partial charge < -0.3 is 0 Å². The van der Waals surface area contributed by atoms with Crippen LogP contribution in [0.25, 0.3) is 10.8 Å². The van der Waals surface area contributed by atoms with Gasteiger partial charge in [0, 0.05) is 11.5 Å². The number of carbonyl (C=O) groups excluding carboxylic acids is 1. The largest absolute Gasteiger partial charge is 0.273 e. The predicted molar refractivity (Wildman–Crippen MR) is 109 cm³/mol. The third-order valence-corrected chi connectivity index (χ3v) is 5.96. The SMILES string of the molecule is C/C(=N\NC(=O)[C@H]1C[C@H]1c1ccccc1)c1ccc2c3c(cccc13)CC2. The second kappa shape index (κ2) is 6.34. The van der Waals surface area contributed by atoms with Gasteiger partial charge in [-0.25, -0.2) is 5.43 Å². The number of rotatable bonds is 4. The van der Waals surface area contributed by atoms with Crippen LogP contribution in [0.2, 0.25) is 0 Å². The van der Waals surface area contributed by atoms with E-state index >= 15 is 0 Å². The average Bonchev–Trinajstić information content (AvgIpc) is 3.41. The lowest BCUT2D eigenvalue weighted by molar-refractivity contribution is -0.122. The highest BCUT2D eigenvalue weighted by Crippen LogP contribution is 2.47. The molecule has 0 saturated heterocycles. The van der Waals surface area contributed by atoms with E-state index in [1.165, 1.54) is 27.5 Å². The number of amides is 1. The van der Waals surface area contributed by atoms with E-state index in [0.29, 0.717) is 5.92 Å². The molecule has 2 aliphatic carbocycles. The van der Waals surface area contributed by atoms with Crippen molar-refractivity contribution >= 4 is 22.4 Å². The van der Waals surface area contributed by atoms with Crippen LogP contribution in [0, 0.1) is 5.92 Å². The summed E-state index contributed by atoms with van der Waals surface area (Å²) >= 11 is 0. The smallest absolute Gasteiger partial charge is 0.243 e. The van der Waals surface area contributed by atoms with Crippen LogP contribution in [-0.4, -0.2) is 11.6 Å². The van der Waals surface area contributed by atoms with Gasteiger partial charge >= 0.3 is 0 Å². The average molecular weight is 354 g/mol. The molecular formula is C24H22N2O. The van der Waals surface area contributed by atoms with Gasteiger partial charge in [-0.1, -0.05) is 60.7 Å². The molecule has 3 aromatic carbocycles. The van der Waals surface area contributed by atoms with Gasteiger partial charge in [-0.05, 0) is 59.6 Å². The van der Waals surface area contributed by atoms with Crippen LogP contribution in [0.4, 0.5) is 0 Å². The zero-order chi connectivity index (χ0) is 18.4. The predicted octanol–water partition coefficient (Wildman–Crippen LogP) is 4.58. The Morgan fingerprint density at radius 3 is 2.56 bits per heavy atom. The first-order valence-corrected chi connectivity index (χ1v) is 9.65. The molecule has 3 heteroatoms. The van der Waals surface area contributed by atoms with E-state index < -0.39 is 0 Å². The Morgan fingerprint density at radius 2 is 1.74 bits per heavy atom. The Morgan fingerprint density at radius 1 is 0.963 bits per heavy atom. The molecule has 134 valence electrons. The van der Waals surface area contributed by atoms with Crippen molar-refractivity contribution in [1.29, 1.82) is 0 Å². The summed E-state index contributed by atoms with van der Waals surface area (Å²) in [6.07, 6.45) is 3.14. The Balaban J connectivity index is 1.35. The summed E-state index contributed by atoms with van der Waals surface area (Å²) in [5.74, 6) is 0.393. The van der Waals surface area contributed by atoms with Crippen molar-refractivity contribution in [2.24, 2.45) is 11.0 Å². The first-order valence-electron chi connectivity index (χ1n) is 9.65. The maximum absolute atomic E-state index is 12.5. The maximum atomic E-state index is 12.5. The molecule has 2 atom stereocenters. The van der Waals surface area contributed by atoms with Gasteiger partial charge in [-0.15, -0.1) is 0 Å². The lowest BCUT2D eigenvalue weighted by atomic mass is 9.98. The molecule has 0 unspecified atom stereocenters. The monoisotopic (exact) mass is 354 g/mol. The summed E-state index contributed by atoms with van der Waals surface area (Å²) in [6.45, 7) is 1.97. The number of nitrogens with zero attached hydrogens (tertiary/aromatic N) is 1. The van der Waals surface area contributed by atoms with E-state index in [0.717, 1.165) is 30.5 Å². The summed E-state index contributed by atoms with van der Waals surface area (Å²) in [6, 6.07) is 21.1. The van der Waals surface area contributed by atoms with Crippen molar-refractivity contribution in [3.8, 4) is 0 Å². The molecule has 1 amide bonds.